The van der Waals surface area contributed by atoms with Crippen molar-refractivity contribution in [3.63, 3.8) is 0 Å². The Morgan fingerprint density at radius 3 is 2.78 bits per heavy atom. The van der Waals surface area contributed by atoms with Crippen molar-refractivity contribution in [2.45, 2.75) is 0 Å². The zero-order valence-corrected chi connectivity index (χ0v) is 10.2. The molecule has 4 nitrogen and oxygen atoms in total. The average molecular weight is 240 g/mol. The molecule has 0 saturated carbocycles. The molecule has 2 aromatic heterocycles. The number of hydrogen-bond donors (Lipinski definition) is 0. The quantitative estimate of drug-likeness (QED) is 0.614. The molecule has 0 fully saturated rings. The second-order valence-corrected chi connectivity index (χ2v) is 4.12. The lowest BCUT2D eigenvalue weighted by molar-refractivity contribution is 0.0596. The maximum Gasteiger partial charge on any atom is 0.358 e. The summed E-state index contributed by atoms with van der Waals surface area (Å²) in [5.41, 5.74) is 2.24. The molecule has 0 aliphatic carbocycles. The average Bonchev–Trinajstić information content (AvgIpc) is 2.72. The number of esters is 1. The zero-order chi connectivity index (χ0) is 12.7. The van der Waals surface area contributed by atoms with Gasteiger partial charge in [-0.2, -0.15) is 0 Å². The second kappa shape index (κ2) is 3.84. The number of pyridine rings is 1. The SMILES string of the molecule is COC(=O)c1nccc2c3ccccc3n(C)c12. The third kappa shape index (κ3) is 1.32. The van der Waals surface area contributed by atoms with Gasteiger partial charge in [0.1, 0.15) is 0 Å². The van der Waals surface area contributed by atoms with Crippen LogP contribution in [0.4, 0.5) is 0 Å². The molecular weight excluding hydrogens is 228 g/mol. The monoisotopic (exact) mass is 240 g/mol. The molecule has 0 atom stereocenters. The number of benzene rings is 1. The third-order valence-corrected chi connectivity index (χ3v) is 3.19. The molecule has 0 saturated heterocycles. The summed E-state index contributed by atoms with van der Waals surface area (Å²) in [7, 11) is 3.30. The van der Waals surface area contributed by atoms with Crippen molar-refractivity contribution >= 4 is 27.8 Å². The lowest BCUT2D eigenvalue weighted by Gasteiger charge is -2.03. The molecule has 0 aliphatic heterocycles. The van der Waals surface area contributed by atoms with E-state index in [-0.39, 0.29) is 0 Å². The molecule has 0 spiro atoms. The first-order valence-corrected chi connectivity index (χ1v) is 5.64. The number of aromatic nitrogens is 2. The largest absolute Gasteiger partial charge is 0.464 e. The Labute approximate surface area is 104 Å². The van der Waals surface area contributed by atoms with Crippen molar-refractivity contribution in [2.75, 3.05) is 7.11 Å². The van der Waals surface area contributed by atoms with Crippen LogP contribution in [0.1, 0.15) is 10.5 Å². The van der Waals surface area contributed by atoms with Crippen molar-refractivity contribution in [3.05, 3.63) is 42.2 Å². The number of aryl methyl sites for hydroxylation is 1. The number of para-hydroxylation sites is 1. The van der Waals surface area contributed by atoms with Gasteiger partial charge < -0.3 is 9.30 Å². The molecule has 0 amide bonds. The van der Waals surface area contributed by atoms with Gasteiger partial charge in [0.05, 0.1) is 12.6 Å². The molecule has 90 valence electrons. The Balaban J connectivity index is 2.52. The van der Waals surface area contributed by atoms with Gasteiger partial charge in [0, 0.05) is 29.5 Å². The molecule has 0 unspecified atom stereocenters. The fourth-order valence-corrected chi connectivity index (χ4v) is 2.37. The number of ether oxygens (including phenoxy) is 1. The van der Waals surface area contributed by atoms with E-state index in [0.717, 1.165) is 21.8 Å². The van der Waals surface area contributed by atoms with Gasteiger partial charge in [-0.25, -0.2) is 9.78 Å². The number of fused-ring (bicyclic) bond motifs is 3. The summed E-state index contributed by atoms with van der Waals surface area (Å²) in [5.74, 6) is -0.411. The van der Waals surface area contributed by atoms with E-state index >= 15 is 0 Å². The predicted octanol–water partition coefficient (Wildman–Crippen LogP) is 2.51. The van der Waals surface area contributed by atoms with Crippen LogP contribution >= 0.6 is 0 Å². The number of rotatable bonds is 1. The zero-order valence-electron chi connectivity index (χ0n) is 10.2. The van der Waals surface area contributed by atoms with Gasteiger partial charge in [0.2, 0.25) is 0 Å². The molecule has 3 rings (SSSR count). The van der Waals surface area contributed by atoms with Crippen molar-refractivity contribution in [3.8, 4) is 0 Å². The Morgan fingerprint density at radius 1 is 1.22 bits per heavy atom. The Hall–Kier alpha value is -2.36. The van der Waals surface area contributed by atoms with Gasteiger partial charge in [-0.05, 0) is 12.1 Å². The van der Waals surface area contributed by atoms with Crippen LogP contribution in [0.2, 0.25) is 0 Å². The number of hydrogen-bond acceptors (Lipinski definition) is 3. The summed E-state index contributed by atoms with van der Waals surface area (Å²) < 4.78 is 6.76. The van der Waals surface area contributed by atoms with Crippen molar-refractivity contribution in [1.29, 1.82) is 0 Å². The summed E-state index contributed by atoms with van der Waals surface area (Å²) >= 11 is 0. The fraction of sp³-hybridized carbons (Fsp3) is 0.143. The normalized spacial score (nSPS) is 11.0. The van der Waals surface area contributed by atoms with Crippen LogP contribution < -0.4 is 0 Å². The Bertz CT molecular complexity index is 759. The summed E-state index contributed by atoms with van der Waals surface area (Å²) in [6.45, 7) is 0. The van der Waals surface area contributed by atoms with Gasteiger partial charge in [0.25, 0.3) is 0 Å². The summed E-state index contributed by atoms with van der Waals surface area (Å²) in [6.07, 6.45) is 1.64. The van der Waals surface area contributed by atoms with Crippen LogP contribution in [0.3, 0.4) is 0 Å². The van der Waals surface area contributed by atoms with Crippen LogP contribution in [0, 0.1) is 0 Å². The van der Waals surface area contributed by atoms with E-state index in [4.69, 9.17) is 4.74 Å². The van der Waals surface area contributed by atoms with Gasteiger partial charge in [-0.1, -0.05) is 18.2 Å². The number of carbonyl (C=O) groups excluding carboxylic acids is 1. The van der Waals surface area contributed by atoms with Gasteiger partial charge in [-0.3, -0.25) is 0 Å². The highest BCUT2D eigenvalue weighted by molar-refractivity contribution is 6.13. The van der Waals surface area contributed by atoms with E-state index in [0.29, 0.717) is 5.69 Å². The summed E-state index contributed by atoms with van der Waals surface area (Å²) in [4.78, 5) is 15.9. The van der Waals surface area contributed by atoms with Gasteiger partial charge >= 0.3 is 5.97 Å². The molecule has 2 heterocycles. The highest BCUT2D eigenvalue weighted by Crippen LogP contribution is 2.29. The second-order valence-electron chi connectivity index (χ2n) is 4.12. The summed E-state index contributed by atoms with van der Waals surface area (Å²) in [6, 6.07) is 9.95. The molecule has 0 N–H and O–H groups in total. The molecule has 0 bridgehead atoms. The van der Waals surface area contributed by atoms with Crippen molar-refractivity contribution in [2.24, 2.45) is 7.05 Å². The third-order valence-electron chi connectivity index (χ3n) is 3.19. The van der Waals surface area contributed by atoms with Gasteiger partial charge in [0.15, 0.2) is 5.69 Å². The van der Waals surface area contributed by atoms with E-state index in [1.54, 1.807) is 6.20 Å². The van der Waals surface area contributed by atoms with Crippen molar-refractivity contribution < 1.29 is 9.53 Å². The van der Waals surface area contributed by atoms with Crippen LogP contribution in [-0.4, -0.2) is 22.6 Å². The molecule has 1 aromatic carbocycles. The van der Waals surface area contributed by atoms with E-state index < -0.39 is 5.97 Å². The highest BCUT2D eigenvalue weighted by atomic mass is 16.5. The number of methoxy groups -OCH3 is 1. The lowest BCUT2D eigenvalue weighted by Crippen LogP contribution is -2.06. The van der Waals surface area contributed by atoms with E-state index in [9.17, 15) is 4.79 Å². The maximum absolute atomic E-state index is 11.8. The van der Waals surface area contributed by atoms with Crippen LogP contribution in [-0.2, 0) is 11.8 Å². The molecule has 3 aromatic rings. The molecule has 0 radical (unpaired) electrons. The minimum atomic E-state index is -0.411. The first-order chi connectivity index (χ1) is 8.74. The van der Waals surface area contributed by atoms with Gasteiger partial charge in [-0.15, -0.1) is 0 Å². The van der Waals surface area contributed by atoms with Crippen LogP contribution in [0.25, 0.3) is 21.8 Å². The molecule has 18 heavy (non-hydrogen) atoms. The topological polar surface area (TPSA) is 44.1 Å². The minimum Gasteiger partial charge on any atom is -0.464 e. The Morgan fingerprint density at radius 2 is 2.00 bits per heavy atom. The van der Waals surface area contributed by atoms with Crippen LogP contribution in [0.5, 0.6) is 0 Å². The number of carbonyl (C=O) groups is 1. The number of nitrogens with zero attached hydrogens (tertiary/aromatic N) is 2. The highest BCUT2D eigenvalue weighted by Gasteiger charge is 2.17. The lowest BCUT2D eigenvalue weighted by atomic mass is 10.1. The molecule has 0 aliphatic rings. The van der Waals surface area contributed by atoms with E-state index in [1.165, 1.54) is 7.11 Å². The van der Waals surface area contributed by atoms with Crippen LogP contribution in [0.15, 0.2) is 36.5 Å². The van der Waals surface area contributed by atoms with Crippen molar-refractivity contribution in [1.82, 2.24) is 9.55 Å². The predicted molar refractivity (Wildman–Crippen MR) is 69.6 cm³/mol. The molecular formula is C14H12N2O2. The van der Waals surface area contributed by atoms with E-state index in [1.807, 2.05) is 41.9 Å². The standard InChI is InChI=1S/C14H12N2O2/c1-16-11-6-4-3-5-9(11)10-7-8-15-12(13(10)16)14(17)18-2/h3-8H,1-2H3. The minimum absolute atomic E-state index is 0.355. The first-order valence-electron chi connectivity index (χ1n) is 5.64. The first kappa shape index (κ1) is 10.8. The maximum atomic E-state index is 11.8. The smallest absolute Gasteiger partial charge is 0.358 e. The molecule has 4 heteroatoms. The summed E-state index contributed by atoms with van der Waals surface area (Å²) in [5, 5.41) is 2.13. The Kier molecular flexibility index (Phi) is 2.30. The fourth-order valence-electron chi connectivity index (χ4n) is 2.37. The van der Waals surface area contributed by atoms with E-state index in [2.05, 4.69) is 4.98 Å².